The average molecular weight is 496 g/mol. The molecule has 34 heavy (non-hydrogen) atoms. The molecule has 1 aliphatic heterocycles. The van der Waals surface area contributed by atoms with Gasteiger partial charge in [0.2, 0.25) is 5.91 Å². The molecule has 0 N–H and O–H groups in total. The standard InChI is InChI=1S/C27H30ClN3O2S/c1-3-6-21-13-16-25(19-11-14-23(28)15-12-19)31(27(21)32)26(20-9-10-20)18-30(34(2)33)24-8-5-4-7-22(24)17-29/h3-5,7-8,11-12,14-15,20-21,25-26H,1,6,9-10,13,16,18H2,2H3/t21-,25-,26?,34?/m0/s1. The van der Waals surface area contributed by atoms with Gasteiger partial charge in [0, 0.05) is 17.2 Å². The van der Waals surface area contributed by atoms with Crippen molar-refractivity contribution < 1.29 is 9.00 Å². The van der Waals surface area contributed by atoms with Crippen LogP contribution in [-0.2, 0) is 15.8 Å². The van der Waals surface area contributed by atoms with Gasteiger partial charge in [-0.05, 0) is 67.9 Å². The van der Waals surface area contributed by atoms with E-state index in [1.54, 1.807) is 16.6 Å². The molecule has 0 aromatic heterocycles. The Kier molecular flexibility index (Phi) is 7.75. The molecule has 178 valence electrons. The molecule has 1 amide bonds. The minimum absolute atomic E-state index is 0.0604. The van der Waals surface area contributed by atoms with Crippen molar-refractivity contribution in [3.63, 3.8) is 0 Å². The molecule has 5 nitrogen and oxygen atoms in total. The molecular weight excluding hydrogens is 466 g/mol. The van der Waals surface area contributed by atoms with Gasteiger partial charge >= 0.3 is 0 Å². The summed E-state index contributed by atoms with van der Waals surface area (Å²) in [6.45, 7) is 4.28. The Hall–Kier alpha value is -2.62. The van der Waals surface area contributed by atoms with Gasteiger partial charge in [-0.1, -0.05) is 41.9 Å². The Morgan fingerprint density at radius 3 is 2.53 bits per heavy atom. The highest BCUT2D eigenvalue weighted by Crippen LogP contribution is 2.44. The van der Waals surface area contributed by atoms with Gasteiger partial charge in [-0.25, -0.2) is 4.21 Å². The predicted molar refractivity (Wildman–Crippen MR) is 138 cm³/mol. The number of hydrogen-bond donors (Lipinski definition) is 0. The van der Waals surface area contributed by atoms with E-state index in [2.05, 4.69) is 17.5 Å². The quantitative estimate of drug-likeness (QED) is 0.422. The third-order valence-corrected chi connectivity index (χ3v) is 8.13. The summed E-state index contributed by atoms with van der Waals surface area (Å²) < 4.78 is 14.7. The molecule has 2 aromatic carbocycles. The van der Waals surface area contributed by atoms with Crippen LogP contribution in [-0.4, -0.2) is 33.9 Å². The second kappa shape index (κ2) is 10.8. The van der Waals surface area contributed by atoms with E-state index in [0.29, 0.717) is 35.2 Å². The Morgan fingerprint density at radius 2 is 1.91 bits per heavy atom. The highest BCUT2D eigenvalue weighted by Gasteiger charge is 2.46. The van der Waals surface area contributed by atoms with Gasteiger partial charge in [-0.3, -0.25) is 9.10 Å². The van der Waals surface area contributed by atoms with Crippen LogP contribution < -0.4 is 4.31 Å². The number of likely N-dealkylation sites (tertiary alicyclic amines) is 1. The molecule has 1 aliphatic carbocycles. The van der Waals surface area contributed by atoms with Gasteiger partial charge in [-0.15, -0.1) is 6.58 Å². The van der Waals surface area contributed by atoms with Crippen LogP contribution in [0.25, 0.3) is 0 Å². The van der Waals surface area contributed by atoms with Crippen molar-refractivity contribution in [2.24, 2.45) is 11.8 Å². The molecule has 1 saturated heterocycles. The number of hydrogen-bond acceptors (Lipinski definition) is 3. The van der Waals surface area contributed by atoms with Crippen molar-refractivity contribution in [2.45, 2.75) is 44.2 Å². The molecular formula is C27H30ClN3O2S. The van der Waals surface area contributed by atoms with Crippen molar-refractivity contribution >= 4 is 34.2 Å². The number of allylic oxidation sites excluding steroid dienone is 1. The molecule has 4 rings (SSSR count). The molecule has 0 bridgehead atoms. The van der Waals surface area contributed by atoms with E-state index < -0.39 is 11.0 Å². The summed E-state index contributed by atoms with van der Waals surface area (Å²) in [5.41, 5.74) is 2.20. The smallest absolute Gasteiger partial charge is 0.226 e. The minimum Gasteiger partial charge on any atom is -0.330 e. The zero-order valence-corrected chi connectivity index (χ0v) is 21.0. The fraction of sp³-hybridized carbons (Fsp3) is 0.407. The molecule has 2 aromatic rings. The maximum atomic E-state index is 13.9. The summed E-state index contributed by atoms with van der Waals surface area (Å²) in [7, 11) is -1.35. The summed E-state index contributed by atoms with van der Waals surface area (Å²) >= 11 is 6.14. The van der Waals surface area contributed by atoms with E-state index in [9.17, 15) is 14.3 Å². The molecule has 0 spiro atoms. The first-order chi connectivity index (χ1) is 16.4. The zero-order chi connectivity index (χ0) is 24.2. The van der Waals surface area contributed by atoms with E-state index in [4.69, 9.17) is 11.6 Å². The van der Waals surface area contributed by atoms with Crippen molar-refractivity contribution in [1.29, 1.82) is 5.26 Å². The first kappa shape index (κ1) is 24.5. The first-order valence-corrected chi connectivity index (χ1v) is 13.6. The van der Waals surface area contributed by atoms with Gasteiger partial charge in [0.25, 0.3) is 0 Å². The second-order valence-electron chi connectivity index (χ2n) is 9.13. The molecule has 0 radical (unpaired) electrons. The number of halogens is 1. The number of anilines is 1. The lowest BCUT2D eigenvalue weighted by molar-refractivity contribution is -0.145. The number of benzene rings is 2. The Balaban J connectivity index is 1.73. The van der Waals surface area contributed by atoms with Crippen molar-refractivity contribution in [2.75, 3.05) is 17.1 Å². The van der Waals surface area contributed by atoms with E-state index in [1.165, 1.54) is 0 Å². The third-order valence-electron chi connectivity index (χ3n) is 6.91. The number of piperidine rings is 1. The molecule has 2 unspecified atom stereocenters. The third kappa shape index (κ3) is 5.21. The minimum atomic E-state index is -1.35. The summed E-state index contributed by atoms with van der Waals surface area (Å²) in [6, 6.07) is 17.0. The summed E-state index contributed by atoms with van der Waals surface area (Å²) in [5.74, 6) is 0.397. The predicted octanol–water partition coefficient (Wildman–Crippen LogP) is 5.65. The molecule has 1 heterocycles. The van der Waals surface area contributed by atoms with E-state index >= 15 is 0 Å². The largest absolute Gasteiger partial charge is 0.330 e. The molecule has 2 fully saturated rings. The highest BCUT2D eigenvalue weighted by molar-refractivity contribution is 7.85. The number of rotatable bonds is 9. The number of para-hydroxylation sites is 1. The second-order valence-corrected chi connectivity index (χ2v) is 10.9. The Labute approximate surface area is 209 Å². The molecule has 2 aliphatic rings. The maximum absolute atomic E-state index is 13.9. The molecule has 4 atom stereocenters. The van der Waals surface area contributed by atoms with Crippen LogP contribution in [0.15, 0.2) is 61.2 Å². The van der Waals surface area contributed by atoms with Crippen LogP contribution >= 0.6 is 11.6 Å². The van der Waals surface area contributed by atoms with Crippen LogP contribution in [0.5, 0.6) is 0 Å². The van der Waals surface area contributed by atoms with Crippen molar-refractivity contribution in [1.82, 2.24) is 4.90 Å². The topological polar surface area (TPSA) is 64.4 Å². The fourth-order valence-corrected chi connectivity index (χ4v) is 5.98. The van der Waals surface area contributed by atoms with Gasteiger partial charge in [-0.2, -0.15) is 5.26 Å². The van der Waals surface area contributed by atoms with Gasteiger partial charge < -0.3 is 4.90 Å². The van der Waals surface area contributed by atoms with Gasteiger partial charge in [0.1, 0.15) is 17.1 Å². The Morgan fingerprint density at radius 1 is 1.21 bits per heavy atom. The first-order valence-electron chi connectivity index (χ1n) is 11.7. The maximum Gasteiger partial charge on any atom is 0.226 e. The lowest BCUT2D eigenvalue weighted by Crippen LogP contribution is -2.54. The lowest BCUT2D eigenvalue weighted by Gasteiger charge is -2.45. The summed E-state index contributed by atoms with van der Waals surface area (Å²) in [5, 5.41) is 10.3. The number of amides is 1. The van der Waals surface area contributed by atoms with E-state index in [-0.39, 0.29) is 23.9 Å². The fourth-order valence-electron chi connectivity index (χ4n) is 5.06. The zero-order valence-electron chi connectivity index (χ0n) is 19.4. The normalized spacial score (nSPS) is 22.0. The monoisotopic (exact) mass is 495 g/mol. The van der Waals surface area contributed by atoms with E-state index in [0.717, 1.165) is 31.2 Å². The van der Waals surface area contributed by atoms with Crippen molar-refractivity contribution in [3.8, 4) is 6.07 Å². The summed E-state index contributed by atoms with van der Waals surface area (Å²) in [6.07, 6.45) is 7.86. The number of carbonyl (C=O) groups excluding carboxylic acids is 1. The van der Waals surface area contributed by atoms with Gasteiger partial charge in [0.05, 0.1) is 29.9 Å². The Bertz CT molecular complexity index is 1110. The van der Waals surface area contributed by atoms with Crippen LogP contribution in [0, 0.1) is 23.2 Å². The average Bonchev–Trinajstić information content (AvgIpc) is 3.67. The number of nitrogens with zero attached hydrogens (tertiary/aromatic N) is 3. The SMILES string of the molecule is C=CC[C@H]1CC[C@@H](c2ccc(Cl)cc2)N(C(CN(c2ccccc2C#N)S(C)=O)C2CC2)C1=O. The summed E-state index contributed by atoms with van der Waals surface area (Å²) in [4.78, 5) is 15.9. The van der Waals surface area contributed by atoms with Crippen LogP contribution in [0.4, 0.5) is 5.69 Å². The van der Waals surface area contributed by atoms with E-state index in [1.807, 2.05) is 48.5 Å². The number of carbonyl (C=O) groups is 1. The number of nitriles is 1. The van der Waals surface area contributed by atoms with Gasteiger partial charge in [0.15, 0.2) is 0 Å². The van der Waals surface area contributed by atoms with Crippen molar-refractivity contribution in [3.05, 3.63) is 77.3 Å². The van der Waals surface area contributed by atoms with Crippen LogP contribution in [0.2, 0.25) is 5.02 Å². The lowest BCUT2D eigenvalue weighted by atomic mass is 9.84. The molecule has 7 heteroatoms. The van der Waals surface area contributed by atoms with Crippen LogP contribution in [0.3, 0.4) is 0 Å². The van der Waals surface area contributed by atoms with Crippen LogP contribution in [0.1, 0.15) is 49.3 Å². The highest BCUT2D eigenvalue weighted by atomic mass is 35.5. The molecule has 1 saturated carbocycles.